The topological polar surface area (TPSA) is 75.8 Å². The molecule has 1 unspecified atom stereocenters. The van der Waals surface area contributed by atoms with Crippen LogP contribution in [-0.2, 0) is 11.3 Å². The van der Waals surface area contributed by atoms with Crippen LogP contribution in [0.15, 0.2) is 22.7 Å². The molecule has 0 spiro atoms. The van der Waals surface area contributed by atoms with Gasteiger partial charge in [0.2, 0.25) is 0 Å². The molecule has 104 valence electrons. The summed E-state index contributed by atoms with van der Waals surface area (Å²) in [4.78, 5) is 12.4. The van der Waals surface area contributed by atoms with Gasteiger partial charge in [-0.1, -0.05) is 15.9 Å². The quantitative estimate of drug-likeness (QED) is 0.669. The lowest BCUT2D eigenvalue weighted by molar-refractivity contribution is -0.384. The Labute approximate surface area is 119 Å². The van der Waals surface area contributed by atoms with Gasteiger partial charge in [0.05, 0.1) is 24.2 Å². The number of ether oxygens (including phenoxy) is 1. The molecule has 1 atom stereocenters. The number of aliphatic hydroxyl groups is 1. The van der Waals surface area contributed by atoms with E-state index in [9.17, 15) is 10.1 Å². The molecule has 0 aromatic heterocycles. The smallest absolute Gasteiger partial charge is 0.270 e. The van der Waals surface area contributed by atoms with Crippen molar-refractivity contribution in [2.24, 2.45) is 0 Å². The molecule has 0 radical (unpaired) electrons. The number of morpholine rings is 1. The van der Waals surface area contributed by atoms with Gasteiger partial charge in [-0.25, -0.2) is 0 Å². The number of nitrogens with zero attached hydrogens (tertiary/aromatic N) is 2. The molecule has 7 heteroatoms. The molecule has 1 aliphatic rings. The van der Waals surface area contributed by atoms with Gasteiger partial charge in [-0.05, 0) is 11.6 Å². The molecule has 1 saturated heterocycles. The van der Waals surface area contributed by atoms with E-state index < -0.39 is 4.92 Å². The Hall–Kier alpha value is -1.02. The number of rotatable bonds is 4. The Morgan fingerprint density at radius 1 is 1.58 bits per heavy atom. The molecule has 0 saturated carbocycles. The lowest BCUT2D eigenvalue weighted by atomic mass is 10.1. The zero-order chi connectivity index (χ0) is 13.8. The van der Waals surface area contributed by atoms with Crippen LogP contribution in [0.2, 0.25) is 0 Å². The highest BCUT2D eigenvalue weighted by Crippen LogP contribution is 2.24. The Morgan fingerprint density at radius 2 is 2.37 bits per heavy atom. The average molecular weight is 331 g/mol. The Kier molecular flexibility index (Phi) is 4.87. The number of aliphatic hydroxyl groups excluding tert-OH is 1. The molecule has 1 aromatic carbocycles. The molecule has 0 bridgehead atoms. The van der Waals surface area contributed by atoms with Crippen LogP contribution >= 0.6 is 15.9 Å². The van der Waals surface area contributed by atoms with E-state index >= 15 is 0 Å². The molecule has 1 N–H and O–H groups in total. The summed E-state index contributed by atoms with van der Waals surface area (Å²) in [5, 5.41) is 19.8. The fourth-order valence-electron chi connectivity index (χ4n) is 2.05. The lowest BCUT2D eigenvalue weighted by Crippen LogP contribution is -2.43. The van der Waals surface area contributed by atoms with Crippen molar-refractivity contribution in [2.45, 2.75) is 12.6 Å². The maximum atomic E-state index is 10.7. The van der Waals surface area contributed by atoms with E-state index in [1.54, 1.807) is 6.07 Å². The third-order valence-corrected chi connectivity index (χ3v) is 3.81. The molecule has 1 aromatic rings. The van der Waals surface area contributed by atoms with Gasteiger partial charge in [0.25, 0.3) is 5.69 Å². The van der Waals surface area contributed by atoms with Gasteiger partial charge in [0.15, 0.2) is 0 Å². The summed E-state index contributed by atoms with van der Waals surface area (Å²) in [7, 11) is 0. The first-order valence-electron chi connectivity index (χ1n) is 5.98. The van der Waals surface area contributed by atoms with Crippen molar-refractivity contribution < 1.29 is 14.8 Å². The molecule has 2 rings (SSSR count). The average Bonchev–Trinajstić information content (AvgIpc) is 2.41. The van der Waals surface area contributed by atoms with Crippen LogP contribution in [0.5, 0.6) is 0 Å². The van der Waals surface area contributed by atoms with Gasteiger partial charge in [-0.3, -0.25) is 15.0 Å². The van der Waals surface area contributed by atoms with Crippen molar-refractivity contribution in [1.29, 1.82) is 0 Å². The molecule has 1 aliphatic heterocycles. The summed E-state index contributed by atoms with van der Waals surface area (Å²) in [6.45, 7) is 2.74. The highest BCUT2D eigenvalue weighted by atomic mass is 79.9. The minimum Gasteiger partial charge on any atom is -0.394 e. The first kappa shape index (κ1) is 14.4. The fraction of sp³-hybridized carbons (Fsp3) is 0.500. The van der Waals surface area contributed by atoms with Gasteiger partial charge in [-0.2, -0.15) is 0 Å². The highest BCUT2D eigenvalue weighted by Gasteiger charge is 2.20. The van der Waals surface area contributed by atoms with Crippen LogP contribution in [0, 0.1) is 10.1 Å². The van der Waals surface area contributed by atoms with Crippen LogP contribution in [0.4, 0.5) is 5.69 Å². The van der Waals surface area contributed by atoms with Gasteiger partial charge < -0.3 is 9.84 Å². The highest BCUT2D eigenvalue weighted by molar-refractivity contribution is 9.10. The van der Waals surface area contributed by atoms with Crippen LogP contribution in [0.3, 0.4) is 0 Å². The number of hydrogen-bond donors (Lipinski definition) is 1. The van der Waals surface area contributed by atoms with E-state index in [0.717, 1.165) is 16.6 Å². The van der Waals surface area contributed by atoms with Crippen LogP contribution < -0.4 is 0 Å². The van der Waals surface area contributed by atoms with Crippen LogP contribution in [0.25, 0.3) is 0 Å². The number of nitro benzene ring substituents is 1. The molecule has 0 aliphatic carbocycles. The Balaban J connectivity index is 2.04. The van der Waals surface area contributed by atoms with Gasteiger partial charge >= 0.3 is 0 Å². The predicted octanol–water partition coefficient (Wildman–Crippen LogP) is 1.55. The maximum Gasteiger partial charge on any atom is 0.270 e. The number of halogens is 1. The van der Waals surface area contributed by atoms with Gasteiger partial charge in [0, 0.05) is 36.2 Å². The summed E-state index contributed by atoms with van der Waals surface area (Å²) >= 11 is 3.36. The van der Waals surface area contributed by atoms with Crippen molar-refractivity contribution >= 4 is 21.6 Å². The fourth-order valence-corrected chi connectivity index (χ4v) is 2.55. The lowest BCUT2D eigenvalue weighted by Gasteiger charge is -2.32. The molecule has 1 fully saturated rings. The SMILES string of the molecule is O=[N+]([O-])c1ccc(CN2CCOC(CO)C2)c(Br)c1. The second-order valence-corrected chi connectivity index (χ2v) is 5.30. The van der Waals surface area contributed by atoms with Crippen molar-refractivity contribution in [1.82, 2.24) is 4.90 Å². The van der Waals surface area contributed by atoms with Crippen LogP contribution in [0.1, 0.15) is 5.56 Å². The summed E-state index contributed by atoms with van der Waals surface area (Å²) in [5.41, 5.74) is 1.06. The number of non-ortho nitro benzene ring substituents is 1. The standard InChI is InChI=1S/C12H15BrN2O4/c13-12-5-10(15(17)18)2-1-9(12)6-14-3-4-19-11(7-14)8-16/h1-2,5,11,16H,3-4,6-8H2. The summed E-state index contributed by atoms with van der Waals surface area (Å²) in [6.07, 6.45) is -0.148. The van der Waals surface area contributed by atoms with E-state index in [1.807, 2.05) is 0 Å². The number of nitro groups is 1. The van der Waals surface area contributed by atoms with Gasteiger partial charge in [0.1, 0.15) is 0 Å². The van der Waals surface area contributed by atoms with E-state index in [1.165, 1.54) is 12.1 Å². The Morgan fingerprint density at radius 3 is 3.00 bits per heavy atom. The van der Waals surface area contributed by atoms with E-state index in [0.29, 0.717) is 19.7 Å². The first-order chi connectivity index (χ1) is 9.10. The molecule has 1 heterocycles. The molecular formula is C12H15BrN2O4. The second-order valence-electron chi connectivity index (χ2n) is 4.44. The van der Waals surface area contributed by atoms with E-state index in [-0.39, 0.29) is 18.4 Å². The third kappa shape index (κ3) is 3.73. The molecule has 0 amide bonds. The second kappa shape index (κ2) is 6.42. The predicted molar refractivity (Wildman–Crippen MR) is 72.9 cm³/mol. The monoisotopic (exact) mass is 330 g/mol. The van der Waals surface area contributed by atoms with Crippen molar-refractivity contribution in [2.75, 3.05) is 26.3 Å². The Bertz CT molecular complexity index is 469. The zero-order valence-corrected chi connectivity index (χ0v) is 11.9. The normalized spacial score (nSPS) is 20.4. The third-order valence-electron chi connectivity index (χ3n) is 3.07. The van der Waals surface area contributed by atoms with E-state index in [4.69, 9.17) is 9.84 Å². The van der Waals surface area contributed by atoms with Crippen molar-refractivity contribution in [3.63, 3.8) is 0 Å². The summed E-state index contributed by atoms with van der Waals surface area (Å²) < 4.78 is 6.11. The zero-order valence-electron chi connectivity index (χ0n) is 10.3. The first-order valence-corrected chi connectivity index (χ1v) is 6.77. The molecular weight excluding hydrogens is 316 g/mol. The molecule has 19 heavy (non-hydrogen) atoms. The van der Waals surface area contributed by atoms with Gasteiger partial charge in [-0.15, -0.1) is 0 Å². The summed E-state index contributed by atoms with van der Waals surface area (Å²) in [5.74, 6) is 0. The van der Waals surface area contributed by atoms with Crippen LogP contribution in [-0.4, -0.2) is 47.3 Å². The van der Waals surface area contributed by atoms with E-state index in [2.05, 4.69) is 20.8 Å². The van der Waals surface area contributed by atoms with Crippen molar-refractivity contribution in [3.05, 3.63) is 38.3 Å². The number of hydrogen-bond acceptors (Lipinski definition) is 5. The largest absolute Gasteiger partial charge is 0.394 e. The minimum absolute atomic E-state index is 0.0118. The molecule has 6 nitrogen and oxygen atoms in total. The number of benzene rings is 1. The maximum absolute atomic E-state index is 10.7. The van der Waals surface area contributed by atoms with Crippen molar-refractivity contribution in [3.8, 4) is 0 Å². The minimum atomic E-state index is -0.412. The summed E-state index contributed by atoms with van der Waals surface area (Å²) in [6, 6.07) is 4.77.